The predicted octanol–water partition coefficient (Wildman–Crippen LogP) is 5.20. The van der Waals surface area contributed by atoms with E-state index in [0.717, 1.165) is 27.3 Å². The van der Waals surface area contributed by atoms with Gasteiger partial charge in [-0.3, -0.25) is 4.99 Å². The van der Waals surface area contributed by atoms with E-state index in [9.17, 15) is 0 Å². The Morgan fingerprint density at radius 2 is 1.59 bits per heavy atom. The van der Waals surface area contributed by atoms with E-state index in [1.54, 1.807) is 39.7 Å². The van der Waals surface area contributed by atoms with Crippen LogP contribution in [0.25, 0.3) is 22.0 Å². The van der Waals surface area contributed by atoms with Crippen LogP contribution in [0.2, 0.25) is 0 Å². The fourth-order valence-electron chi connectivity index (χ4n) is 3.68. The van der Waals surface area contributed by atoms with Crippen molar-refractivity contribution in [2.45, 2.75) is 6.92 Å². The Labute approximate surface area is 191 Å². The van der Waals surface area contributed by atoms with Crippen molar-refractivity contribution in [3.63, 3.8) is 0 Å². The second-order valence-corrected chi connectivity index (χ2v) is 7.90. The largest absolute Gasteiger partial charge is 0.493 e. The molecule has 164 valence electrons. The molecule has 0 N–H and O–H groups in total. The lowest BCUT2D eigenvalue weighted by molar-refractivity contribution is 0.324. The summed E-state index contributed by atoms with van der Waals surface area (Å²) < 4.78 is 18.4. The van der Waals surface area contributed by atoms with Crippen LogP contribution in [0, 0.1) is 0 Å². The molecule has 1 heterocycles. The number of hydrogen-bond donors (Lipinski definition) is 0. The molecule has 0 fully saturated rings. The summed E-state index contributed by atoms with van der Waals surface area (Å²) in [5.41, 5.74) is 3.75. The number of nitrogens with zero attached hydrogens (tertiary/aromatic N) is 3. The van der Waals surface area contributed by atoms with E-state index in [0.29, 0.717) is 17.2 Å². The van der Waals surface area contributed by atoms with Crippen molar-refractivity contribution in [3.05, 3.63) is 70.3 Å². The van der Waals surface area contributed by atoms with Gasteiger partial charge in [-0.1, -0.05) is 42.5 Å². The molecule has 0 bridgehead atoms. The summed E-state index contributed by atoms with van der Waals surface area (Å²) >= 11 is 1.56. The van der Waals surface area contributed by atoms with E-state index in [1.807, 2.05) is 29.8 Å². The third kappa shape index (κ3) is 3.87. The minimum atomic E-state index is 0.551. The summed E-state index contributed by atoms with van der Waals surface area (Å²) in [6.45, 7) is 1.96. The van der Waals surface area contributed by atoms with Gasteiger partial charge >= 0.3 is 0 Å². The molecule has 0 saturated carbocycles. The van der Waals surface area contributed by atoms with Crippen LogP contribution in [0.15, 0.2) is 70.1 Å². The van der Waals surface area contributed by atoms with E-state index in [1.165, 1.54) is 10.8 Å². The Morgan fingerprint density at radius 3 is 2.25 bits per heavy atom. The highest BCUT2D eigenvalue weighted by molar-refractivity contribution is 7.07. The van der Waals surface area contributed by atoms with E-state index < -0.39 is 0 Å². The van der Waals surface area contributed by atoms with Gasteiger partial charge in [0.2, 0.25) is 10.6 Å². The number of hydrogen-bond acceptors (Lipinski definition) is 6. The first-order chi connectivity index (χ1) is 15.6. The van der Waals surface area contributed by atoms with E-state index in [4.69, 9.17) is 19.3 Å². The standard InChI is InChI=1S/C25H25N3O3S/c1-16(18-13-22(29-3)24(31-5)23(14-18)30-4)27-28-21(15-32-25(28)26-2)20-12-8-10-17-9-6-7-11-19(17)20/h6-15H,1-5H3. The van der Waals surface area contributed by atoms with Gasteiger partial charge in [-0.15, -0.1) is 11.3 Å². The summed E-state index contributed by atoms with van der Waals surface area (Å²) in [7, 11) is 6.58. The zero-order valence-corrected chi connectivity index (χ0v) is 19.6. The third-order valence-corrected chi connectivity index (χ3v) is 6.18. The van der Waals surface area contributed by atoms with Crippen LogP contribution in [0.5, 0.6) is 17.2 Å². The number of aromatic nitrogens is 1. The lowest BCUT2D eigenvalue weighted by Crippen LogP contribution is -2.14. The molecule has 0 aliphatic rings. The molecule has 6 nitrogen and oxygen atoms in total. The molecule has 4 aromatic rings. The Morgan fingerprint density at radius 1 is 0.906 bits per heavy atom. The van der Waals surface area contributed by atoms with Gasteiger partial charge in [-0.05, 0) is 29.8 Å². The third-order valence-electron chi connectivity index (χ3n) is 5.27. The molecule has 4 rings (SSSR count). The smallest absolute Gasteiger partial charge is 0.205 e. The number of rotatable bonds is 6. The highest BCUT2D eigenvalue weighted by atomic mass is 32.1. The summed E-state index contributed by atoms with van der Waals surface area (Å²) in [5.74, 6) is 1.72. The Kier molecular flexibility index (Phi) is 6.28. The summed E-state index contributed by atoms with van der Waals surface area (Å²) in [6, 6.07) is 18.4. The molecule has 7 heteroatoms. The van der Waals surface area contributed by atoms with Gasteiger partial charge in [0, 0.05) is 23.6 Å². The quantitative estimate of drug-likeness (QED) is 0.382. The van der Waals surface area contributed by atoms with Crippen LogP contribution < -0.4 is 19.0 Å². The van der Waals surface area contributed by atoms with Gasteiger partial charge in [0.1, 0.15) is 0 Å². The van der Waals surface area contributed by atoms with Crippen molar-refractivity contribution in [2.75, 3.05) is 28.4 Å². The molecule has 0 unspecified atom stereocenters. The molecule has 0 saturated heterocycles. The monoisotopic (exact) mass is 447 g/mol. The highest BCUT2D eigenvalue weighted by Gasteiger charge is 2.16. The molecule has 0 aliphatic heterocycles. The van der Waals surface area contributed by atoms with Gasteiger partial charge in [-0.25, -0.2) is 4.68 Å². The zero-order valence-electron chi connectivity index (χ0n) is 18.7. The second-order valence-electron chi connectivity index (χ2n) is 7.07. The molecule has 1 aromatic heterocycles. The van der Waals surface area contributed by atoms with Crippen LogP contribution in [-0.4, -0.2) is 38.8 Å². The molecule has 0 atom stereocenters. The van der Waals surface area contributed by atoms with E-state index >= 15 is 0 Å². The normalized spacial score (nSPS) is 12.3. The van der Waals surface area contributed by atoms with Crippen molar-refractivity contribution in [1.29, 1.82) is 0 Å². The minimum absolute atomic E-state index is 0.551. The van der Waals surface area contributed by atoms with Gasteiger partial charge in [0.25, 0.3) is 0 Å². The predicted molar refractivity (Wildman–Crippen MR) is 130 cm³/mol. The average Bonchev–Trinajstić information content (AvgIpc) is 3.24. The SMILES string of the molecule is CN=c1scc(-c2cccc3ccccc23)n1N=C(C)c1cc(OC)c(OC)c(OC)c1. The molecule has 0 radical (unpaired) electrons. The first kappa shape index (κ1) is 21.6. The summed E-state index contributed by atoms with van der Waals surface area (Å²) in [6.07, 6.45) is 0. The number of thiazole rings is 1. The van der Waals surface area contributed by atoms with Crippen LogP contribution in [0.1, 0.15) is 12.5 Å². The maximum atomic E-state index is 5.51. The Hall–Kier alpha value is -3.58. The molecule has 3 aromatic carbocycles. The summed E-state index contributed by atoms with van der Waals surface area (Å²) in [5, 5.41) is 9.40. The van der Waals surface area contributed by atoms with Crippen molar-refractivity contribution >= 4 is 27.8 Å². The first-order valence-electron chi connectivity index (χ1n) is 10.1. The lowest BCUT2D eigenvalue weighted by Gasteiger charge is -2.14. The van der Waals surface area contributed by atoms with Gasteiger partial charge in [-0.2, -0.15) is 5.10 Å². The van der Waals surface area contributed by atoms with E-state index in [-0.39, 0.29) is 0 Å². The van der Waals surface area contributed by atoms with Crippen molar-refractivity contribution in [2.24, 2.45) is 10.1 Å². The van der Waals surface area contributed by atoms with Crippen molar-refractivity contribution < 1.29 is 14.2 Å². The lowest BCUT2D eigenvalue weighted by atomic mass is 10.0. The topological polar surface area (TPSA) is 57.3 Å². The van der Waals surface area contributed by atoms with Crippen LogP contribution in [0.3, 0.4) is 0 Å². The van der Waals surface area contributed by atoms with Crippen molar-refractivity contribution in [1.82, 2.24) is 4.68 Å². The van der Waals surface area contributed by atoms with Crippen molar-refractivity contribution in [3.8, 4) is 28.5 Å². The number of fused-ring (bicyclic) bond motifs is 1. The number of ether oxygens (including phenoxy) is 3. The Balaban J connectivity index is 1.90. The fourth-order valence-corrected chi connectivity index (χ4v) is 4.47. The maximum Gasteiger partial charge on any atom is 0.205 e. The van der Waals surface area contributed by atoms with E-state index in [2.05, 4.69) is 46.8 Å². The summed E-state index contributed by atoms with van der Waals surface area (Å²) in [4.78, 5) is 5.25. The molecule has 0 spiro atoms. The minimum Gasteiger partial charge on any atom is -0.493 e. The fraction of sp³-hybridized carbons (Fsp3) is 0.200. The van der Waals surface area contributed by atoms with Gasteiger partial charge in [0.15, 0.2) is 11.5 Å². The second kappa shape index (κ2) is 9.28. The Bertz CT molecular complexity index is 1340. The average molecular weight is 448 g/mol. The van der Waals surface area contributed by atoms with Crippen LogP contribution in [-0.2, 0) is 0 Å². The van der Waals surface area contributed by atoms with Crippen LogP contribution >= 0.6 is 11.3 Å². The molecule has 0 aliphatic carbocycles. The molecular formula is C25H25N3O3S. The van der Waals surface area contributed by atoms with Crippen LogP contribution in [0.4, 0.5) is 0 Å². The van der Waals surface area contributed by atoms with Gasteiger partial charge in [0.05, 0.1) is 32.7 Å². The zero-order chi connectivity index (χ0) is 22.7. The highest BCUT2D eigenvalue weighted by Crippen LogP contribution is 2.38. The molecular weight excluding hydrogens is 422 g/mol. The van der Waals surface area contributed by atoms with Gasteiger partial charge < -0.3 is 14.2 Å². The number of methoxy groups -OCH3 is 3. The number of benzene rings is 3. The maximum absolute atomic E-state index is 5.51. The first-order valence-corrected chi connectivity index (χ1v) is 11.0. The molecule has 0 amide bonds. The molecule has 32 heavy (non-hydrogen) atoms.